The van der Waals surface area contributed by atoms with E-state index in [2.05, 4.69) is 27.8 Å². The van der Waals surface area contributed by atoms with Gasteiger partial charge in [-0.05, 0) is 60.8 Å². The van der Waals surface area contributed by atoms with Gasteiger partial charge in [0.25, 0.3) is 0 Å². The van der Waals surface area contributed by atoms with Gasteiger partial charge < -0.3 is 19.5 Å². The Morgan fingerprint density at radius 3 is 2.78 bits per heavy atom. The SMILES string of the molecule is C=CC[C@H](NC(=O)OC(C)(C)C)c1cc(Br)c2c(c1)OCCO2. The fraction of sp³-hybridized carbons (Fsp3) is 0.471. The number of benzene rings is 1. The Balaban J connectivity index is 2.22. The summed E-state index contributed by atoms with van der Waals surface area (Å²) in [6.07, 6.45) is 1.87. The van der Waals surface area contributed by atoms with Gasteiger partial charge in [0.1, 0.15) is 18.8 Å². The van der Waals surface area contributed by atoms with Gasteiger partial charge in [-0.1, -0.05) is 6.08 Å². The Bertz CT molecular complexity index is 595. The molecule has 0 fully saturated rings. The van der Waals surface area contributed by atoms with E-state index in [4.69, 9.17) is 14.2 Å². The Labute approximate surface area is 145 Å². The second-order valence-electron chi connectivity index (χ2n) is 6.25. The molecule has 2 rings (SSSR count). The van der Waals surface area contributed by atoms with Crippen LogP contribution < -0.4 is 14.8 Å². The first-order valence-corrected chi connectivity index (χ1v) is 8.29. The maximum atomic E-state index is 12.1. The van der Waals surface area contributed by atoms with Crippen LogP contribution in [-0.2, 0) is 4.74 Å². The Morgan fingerprint density at radius 1 is 1.43 bits per heavy atom. The summed E-state index contributed by atoms with van der Waals surface area (Å²) in [6.45, 7) is 10.3. The van der Waals surface area contributed by atoms with Crippen LogP contribution in [0.5, 0.6) is 11.5 Å². The number of alkyl carbamates (subject to hydrolysis) is 1. The van der Waals surface area contributed by atoms with E-state index in [1.165, 1.54) is 0 Å². The number of hydrogen-bond donors (Lipinski definition) is 1. The summed E-state index contributed by atoms with van der Waals surface area (Å²) < 4.78 is 17.3. The van der Waals surface area contributed by atoms with Gasteiger partial charge in [0.05, 0.1) is 10.5 Å². The molecule has 0 bridgehead atoms. The summed E-state index contributed by atoms with van der Waals surface area (Å²) in [5.41, 5.74) is 0.350. The molecular weight excluding hydrogens is 362 g/mol. The van der Waals surface area contributed by atoms with Crippen LogP contribution in [0.25, 0.3) is 0 Å². The highest BCUT2D eigenvalue weighted by molar-refractivity contribution is 9.10. The van der Waals surface area contributed by atoms with Crippen molar-refractivity contribution in [1.29, 1.82) is 0 Å². The van der Waals surface area contributed by atoms with Crippen LogP contribution in [0.4, 0.5) is 4.79 Å². The number of fused-ring (bicyclic) bond motifs is 1. The van der Waals surface area contributed by atoms with Crippen molar-refractivity contribution in [2.24, 2.45) is 0 Å². The van der Waals surface area contributed by atoms with Crippen molar-refractivity contribution in [3.8, 4) is 11.5 Å². The topological polar surface area (TPSA) is 56.8 Å². The van der Waals surface area contributed by atoms with Crippen LogP contribution in [0.3, 0.4) is 0 Å². The molecule has 6 heteroatoms. The van der Waals surface area contributed by atoms with Gasteiger partial charge in [-0.15, -0.1) is 6.58 Å². The van der Waals surface area contributed by atoms with E-state index in [1.807, 2.05) is 32.9 Å². The highest BCUT2D eigenvalue weighted by atomic mass is 79.9. The molecule has 0 spiro atoms. The van der Waals surface area contributed by atoms with Gasteiger partial charge in [0.15, 0.2) is 11.5 Å². The summed E-state index contributed by atoms with van der Waals surface area (Å²) in [5.74, 6) is 1.36. The van der Waals surface area contributed by atoms with Crippen molar-refractivity contribution in [3.63, 3.8) is 0 Å². The second-order valence-corrected chi connectivity index (χ2v) is 7.10. The van der Waals surface area contributed by atoms with E-state index < -0.39 is 11.7 Å². The molecule has 126 valence electrons. The van der Waals surface area contributed by atoms with E-state index in [9.17, 15) is 4.79 Å². The molecule has 1 amide bonds. The van der Waals surface area contributed by atoms with Crippen molar-refractivity contribution in [1.82, 2.24) is 5.32 Å². The van der Waals surface area contributed by atoms with Gasteiger partial charge in [0, 0.05) is 0 Å². The number of halogens is 1. The predicted molar refractivity (Wildman–Crippen MR) is 92.1 cm³/mol. The Hall–Kier alpha value is -1.69. The van der Waals surface area contributed by atoms with Crippen molar-refractivity contribution in [2.75, 3.05) is 13.2 Å². The third-order valence-corrected chi connectivity index (χ3v) is 3.70. The van der Waals surface area contributed by atoms with Crippen LogP contribution in [0, 0.1) is 0 Å². The molecule has 0 saturated carbocycles. The molecule has 1 aromatic carbocycles. The van der Waals surface area contributed by atoms with Crippen molar-refractivity contribution >= 4 is 22.0 Å². The first-order chi connectivity index (χ1) is 10.8. The molecule has 1 atom stereocenters. The zero-order valence-corrected chi connectivity index (χ0v) is 15.2. The van der Waals surface area contributed by atoms with Crippen molar-refractivity contribution < 1.29 is 19.0 Å². The lowest BCUT2D eigenvalue weighted by Crippen LogP contribution is -2.35. The van der Waals surface area contributed by atoms with Crippen LogP contribution >= 0.6 is 15.9 Å². The average molecular weight is 384 g/mol. The Kier molecular flexibility index (Phi) is 5.57. The van der Waals surface area contributed by atoms with Crippen LogP contribution in [0.1, 0.15) is 38.8 Å². The van der Waals surface area contributed by atoms with Crippen molar-refractivity contribution in [3.05, 3.63) is 34.8 Å². The number of rotatable bonds is 4. The third-order valence-electron chi connectivity index (χ3n) is 3.11. The molecule has 1 heterocycles. The molecule has 5 nitrogen and oxygen atoms in total. The maximum absolute atomic E-state index is 12.1. The highest BCUT2D eigenvalue weighted by Gasteiger charge is 2.23. The van der Waals surface area contributed by atoms with Crippen LogP contribution in [0.2, 0.25) is 0 Å². The van der Waals surface area contributed by atoms with E-state index >= 15 is 0 Å². The number of carbonyl (C=O) groups excluding carboxylic acids is 1. The van der Waals surface area contributed by atoms with Gasteiger partial charge in [-0.2, -0.15) is 0 Å². The van der Waals surface area contributed by atoms with Gasteiger partial charge in [-0.25, -0.2) is 4.79 Å². The molecule has 0 unspecified atom stereocenters. The normalized spacial score (nSPS) is 14.8. The zero-order valence-electron chi connectivity index (χ0n) is 13.6. The molecule has 23 heavy (non-hydrogen) atoms. The summed E-state index contributed by atoms with van der Waals surface area (Å²) in [5, 5.41) is 2.88. The molecular formula is C17H22BrNO4. The van der Waals surface area contributed by atoms with Crippen LogP contribution in [0.15, 0.2) is 29.3 Å². The molecule has 1 aliphatic heterocycles. The number of ether oxygens (including phenoxy) is 3. The standard InChI is InChI=1S/C17H22BrNO4/c1-5-6-13(19-16(20)23-17(2,3)4)11-9-12(18)15-14(10-11)21-7-8-22-15/h5,9-10,13H,1,6-8H2,2-4H3,(H,19,20)/t13-/m0/s1. The van der Waals surface area contributed by atoms with Gasteiger partial charge in [0.2, 0.25) is 0 Å². The second kappa shape index (κ2) is 7.25. The van der Waals surface area contributed by atoms with Crippen molar-refractivity contribution in [2.45, 2.75) is 38.8 Å². The number of hydrogen-bond acceptors (Lipinski definition) is 4. The number of amides is 1. The lowest BCUT2D eigenvalue weighted by atomic mass is 10.0. The average Bonchev–Trinajstić information content (AvgIpc) is 2.45. The van der Waals surface area contributed by atoms with Crippen LogP contribution in [-0.4, -0.2) is 24.9 Å². The number of nitrogens with one attached hydrogen (secondary N) is 1. The smallest absolute Gasteiger partial charge is 0.408 e. The molecule has 0 aromatic heterocycles. The summed E-state index contributed by atoms with van der Waals surface area (Å²) in [6, 6.07) is 3.54. The fourth-order valence-electron chi connectivity index (χ4n) is 2.23. The molecule has 0 saturated heterocycles. The Morgan fingerprint density at radius 2 is 2.13 bits per heavy atom. The lowest BCUT2D eigenvalue weighted by Gasteiger charge is -2.25. The van der Waals surface area contributed by atoms with E-state index in [1.54, 1.807) is 6.08 Å². The largest absolute Gasteiger partial charge is 0.486 e. The summed E-state index contributed by atoms with van der Waals surface area (Å²) >= 11 is 3.49. The molecule has 1 N–H and O–H groups in total. The quantitative estimate of drug-likeness (QED) is 0.784. The first-order valence-electron chi connectivity index (χ1n) is 7.49. The summed E-state index contributed by atoms with van der Waals surface area (Å²) in [4.78, 5) is 12.1. The minimum absolute atomic E-state index is 0.255. The van der Waals surface area contributed by atoms with E-state index in [0.717, 1.165) is 10.0 Å². The third kappa shape index (κ3) is 4.89. The minimum Gasteiger partial charge on any atom is -0.486 e. The molecule has 0 radical (unpaired) electrons. The van der Waals surface area contributed by atoms with Gasteiger partial charge in [-0.3, -0.25) is 0 Å². The fourth-order valence-corrected chi connectivity index (χ4v) is 2.80. The molecule has 1 aromatic rings. The monoisotopic (exact) mass is 383 g/mol. The van der Waals surface area contributed by atoms with Gasteiger partial charge >= 0.3 is 6.09 Å². The summed E-state index contributed by atoms with van der Waals surface area (Å²) in [7, 11) is 0. The first kappa shape index (κ1) is 17.7. The lowest BCUT2D eigenvalue weighted by molar-refractivity contribution is 0.0504. The molecule has 0 aliphatic carbocycles. The predicted octanol–water partition coefficient (Wildman–Crippen LogP) is 4.36. The number of carbonyl (C=O) groups is 1. The minimum atomic E-state index is -0.545. The zero-order chi connectivity index (χ0) is 17.0. The highest BCUT2D eigenvalue weighted by Crippen LogP contribution is 2.40. The van der Waals surface area contributed by atoms with E-state index in [-0.39, 0.29) is 6.04 Å². The maximum Gasteiger partial charge on any atom is 0.408 e. The molecule has 1 aliphatic rings. The van der Waals surface area contributed by atoms with E-state index in [0.29, 0.717) is 31.1 Å².